The second-order valence-corrected chi connectivity index (χ2v) is 6.50. The average molecular weight is 385 g/mol. The van der Waals surface area contributed by atoms with Crippen LogP contribution in [-0.4, -0.2) is 62.5 Å². The zero-order valence-corrected chi connectivity index (χ0v) is 16.1. The first-order chi connectivity index (χ1) is 12.2. The van der Waals surface area contributed by atoms with Crippen LogP contribution in [0.15, 0.2) is 18.2 Å². The summed E-state index contributed by atoms with van der Waals surface area (Å²) in [5, 5.41) is 8.34. The molecule has 144 valence electrons. The Labute approximate surface area is 158 Å². The number of hydrogen-bond donors (Lipinski definition) is 3. The maximum absolute atomic E-state index is 12.1. The van der Waals surface area contributed by atoms with Crippen LogP contribution in [0.4, 0.5) is 5.69 Å². The smallest absolute Gasteiger partial charge is 0.239 e. The Kier molecular flexibility index (Phi) is 8.87. The predicted octanol–water partition coefficient (Wildman–Crippen LogP) is 0.860. The zero-order chi connectivity index (χ0) is 19.7. The Bertz CT molecular complexity index is 652. The van der Waals surface area contributed by atoms with Crippen molar-refractivity contribution in [2.45, 2.75) is 19.9 Å². The van der Waals surface area contributed by atoms with Crippen molar-refractivity contribution in [1.82, 2.24) is 15.5 Å². The van der Waals surface area contributed by atoms with Gasteiger partial charge in [0.2, 0.25) is 17.7 Å². The normalized spacial score (nSPS) is 10.6. The Balaban J connectivity index is 2.44. The van der Waals surface area contributed by atoms with E-state index in [4.69, 9.17) is 16.3 Å². The van der Waals surface area contributed by atoms with Crippen LogP contribution >= 0.6 is 11.6 Å². The Hall–Kier alpha value is -2.32. The molecule has 3 N–H and O–H groups in total. The summed E-state index contributed by atoms with van der Waals surface area (Å²) in [6, 6.07) is 4.90. The van der Waals surface area contributed by atoms with E-state index in [0.29, 0.717) is 16.5 Å². The highest BCUT2D eigenvalue weighted by Crippen LogP contribution is 2.27. The summed E-state index contributed by atoms with van der Waals surface area (Å²) in [6.45, 7) is 3.54. The molecule has 0 heterocycles. The van der Waals surface area contributed by atoms with E-state index >= 15 is 0 Å². The molecule has 0 saturated heterocycles. The van der Waals surface area contributed by atoms with E-state index < -0.39 is 0 Å². The van der Waals surface area contributed by atoms with Crippen LogP contribution in [0, 0.1) is 0 Å². The Morgan fingerprint density at radius 2 is 1.81 bits per heavy atom. The summed E-state index contributed by atoms with van der Waals surface area (Å²) in [5.41, 5.74) is 0.452. The first kappa shape index (κ1) is 21.7. The van der Waals surface area contributed by atoms with Gasteiger partial charge in [-0.25, -0.2) is 0 Å². The van der Waals surface area contributed by atoms with Gasteiger partial charge in [-0.05, 0) is 39.1 Å². The molecular weight excluding hydrogens is 360 g/mol. The van der Waals surface area contributed by atoms with Gasteiger partial charge in [-0.3, -0.25) is 19.3 Å². The van der Waals surface area contributed by atoms with Gasteiger partial charge in [0.05, 0.1) is 32.4 Å². The van der Waals surface area contributed by atoms with Crippen molar-refractivity contribution in [3.05, 3.63) is 23.2 Å². The molecule has 0 aliphatic rings. The predicted molar refractivity (Wildman–Crippen MR) is 100 cm³/mol. The highest BCUT2D eigenvalue weighted by atomic mass is 35.5. The number of ether oxygens (including phenoxy) is 1. The van der Waals surface area contributed by atoms with Crippen molar-refractivity contribution in [1.29, 1.82) is 0 Å². The maximum atomic E-state index is 12.1. The van der Waals surface area contributed by atoms with Gasteiger partial charge in [0.15, 0.2) is 0 Å². The van der Waals surface area contributed by atoms with Gasteiger partial charge in [-0.1, -0.05) is 11.6 Å². The average Bonchev–Trinajstić information content (AvgIpc) is 2.52. The first-order valence-electron chi connectivity index (χ1n) is 8.09. The quantitative estimate of drug-likeness (QED) is 0.586. The van der Waals surface area contributed by atoms with Crippen LogP contribution in [0.3, 0.4) is 0 Å². The van der Waals surface area contributed by atoms with Crippen LogP contribution in [0.25, 0.3) is 0 Å². The highest BCUT2D eigenvalue weighted by molar-refractivity contribution is 6.31. The van der Waals surface area contributed by atoms with Crippen molar-refractivity contribution in [2.75, 3.05) is 39.1 Å². The van der Waals surface area contributed by atoms with E-state index in [-0.39, 0.29) is 43.4 Å². The van der Waals surface area contributed by atoms with E-state index in [0.717, 1.165) is 0 Å². The SMILES string of the molecule is COc1ccc(Cl)cc1NC(=O)CN(C)CC(=O)NCC(=O)NC(C)C. The molecule has 0 unspecified atom stereocenters. The summed E-state index contributed by atoms with van der Waals surface area (Å²) < 4.78 is 5.16. The minimum absolute atomic E-state index is 0.00857. The topological polar surface area (TPSA) is 99.8 Å². The molecule has 3 amide bonds. The van der Waals surface area contributed by atoms with E-state index in [9.17, 15) is 14.4 Å². The fraction of sp³-hybridized carbons (Fsp3) is 0.471. The molecule has 1 rings (SSSR count). The minimum atomic E-state index is -0.348. The van der Waals surface area contributed by atoms with Crippen molar-refractivity contribution >= 4 is 35.0 Å². The zero-order valence-electron chi connectivity index (χ0n) is 15.4. The molecule has 0 saturated carbocycles. The van der Waals surface area contributed by atoms with Crippen LogP contribution < -0.4 is 20.7 Å². The lowest BCUT2D eigenvalue weighted by Crippen LogP contribution is -2.44. The number of likely N-dealkylation sites (N-methyl/N-ethyl adjacent to an activating group) is 1. The third-order valence-corrected chi connectivity index (χ3v) is 3.39. The summed E-state index contributed by atoms with van der Waals surface area (Å²) in [5.74, 6) is -0.445. The third-order valence-electron chi connectivity index (χ3n) is 3.16. The molecule has 8 nitrogen and oxygen atoms in total. The molecule has 0 aromatic heterocycles. The van der Waals surface area contributed by atoms with E-state index in [1.807, 2.05) is 13.8 Å². The molecule has 0 radical (unpaired) electrons. The third kappa shape index (κ3) is 8.17. The van der Waals surface area contributed by atoms with Crippen LogP contribution in [-0.2, 0) is 14.4 Å². The second kappa shape index (κ2) is 10.6. The molecule has 0 atom stereocenters. The second-order valence-electron chi connectivity index (χ2n) is 6.06. The van der Waals surface area contributed by atoms with Crippen molar-refractivity contribution in [3.63, 3.8) is 0 Å². The highest BCUT2D eigenvalue weighted by Gasteiger charge is 2.14. The molecular formula is C17H25ClN4O4. The van der Waals surface area contributed by atoms with E-state index in [1.165, 1.54) is 12.0 Å². The monoisotopic (exact) mass is 384 g/mol. The van der Waals surface area contributed by atoms with Crippen molar-refractivity contribution in [2.24, 2.45) is 0 Å². The number of methoxy groups -OCH3 is 1. The number of amides is 3. The van der Waals surface area contributed by atoms with E-state index in [2.05, 4.69) is 16.0 Å². The molecule has 9 heteroatoms. The maximum Gasteiger partial charge on any atom is 0.239 e. The first-order valence-corrected chi connectivity index (χ1v) is 8.47. The molecule has 1 aromatic rings. The minimum Gasteiger partial charge on any atom is -0.495 e. The number of carbonyl (C=O) groups excluding carboxylic acids is 3. The van der Waals surface area contributed by atoms with Gasteiger partial charge in [0, 0.05) is 11.1 Å². The number of nitrogens with zero attached hydrogens (tertiary/aromatic N) is 1. The van der Waals surface area contributed by atoms with Gasteiger partial charge in [-0.15, -0.1) is 0 Å². The number of hydrogen-bond acceptors (Lipinski definition) is 5. The summed E-state index contributed by atoms with van der Waals surface area (Å²) >= 11 is 5.92. The van der Waals surface area contributed by atoms with Crippen LogP contribution in [0.1, 0.15) is 13.8 Å². The lowest BCUT2D eigenvalue weighted by molar-refractivity contribution is -0.127. The van der Waals surface area contributed by atoms with Gasteiger partial charge >= 0.3 is 0 Å². The fourth-order valence-electron chi connectivity index (χ4n) is 2.12. The molecule has 0 fully saturated rings. The van der Waals surface area contributed by atoms with Gasteiger partial charge in [-0.2, -0.15) is 0 Å². The lowest BCUT2D eigenvalue weighted by atomic mass is 10.3. The molecule has 26 heavy (non-hydrogen) atoms. The van der Waals surface area contributed by atoms with Gasteiger partial charge in [0.1, 0.15) is 5.75 Å². The number of anilines is 1. The number of nitrogens with one attached hydrogen (secondary N) is 3. The van der Waals surface area contributed by atoms with Crippen molar-refractivity contribution < 1.29 is 19.1 Å². The standard InChI is InChI=1S/C17H25ClN4O4/c1-11(2)20-15(23)8-19-16(24)9-22(3)10-17(25)21-13-7-12(18)5-6-14(13)26-4/h5-7,11H,8-10H2,1-4H3,(H,19,24)(H,20,23)(H,21,25). The number of halogens is 1. The Morgan fingerprint density at radius 1 is 1.15 bits per heavy atom. The molecule has 0 spiro atoms. The number of benzene rings is 1. The molecule has 1 aromatic carbocycles. The van der Waals surface area contributed by atoms with Gasteiger partial charge in [0.25, 0.3) is 0 Å². The summed E-state index contributed by atoms with van der Waals surface area (Å²) in [4.78, 5) is 37.0. The lowest BCUT2D eigenvalue weighted by Gasteiger charge is -2.17. The molecule has 0 aliphatic carbocycles. The van der Waals surface area contributed by atoms with Gasteiger partial charge < -0.3 is 20.7 Å². The number of rotatable bonds is 9. The van der Waals surface area contributed by atoms with E-state index in [1.54, 1.807) is 25.2 Å². The van der Waals surface area contributed by atoms with Crippen LogP contribution in [0.2, 0.25) is 5.02 Å². The molecule has 0 bridgehead atoms. The Morgan fingerprint density at radius 3 is 2.42 bits per heavy atom. The van der Waals surface area contributed by atoms with Crippen molar-refractivity contribution in [3.8, 4) is 5.75 Å². The number of carbonyl (C=O) groups is 3. The fourth-order valence-corrected chi connectivity index (χ4v) is 2.29. The largest absolute Gasteiger partial charge is 0.495 e. The molecule has 0 aliphatic heterocycles. The summed E-state index contributed by atoms with van der Waals surface area (Å²) in [7, 11) is 3.12. The summed E-state index contributed by atoms with van der Waals surface area (Å²) in [6.07, 6.45) is 0. The van der Waals surface area contributed by atoms with Crippen LogP contribution in [0.5, 0.6) is 5.75 Å².